The van der Waals surface area contributed by atoms with Crippen LogP contribution in [0.15, 0.2) is 0 Å². The summed E-state index contributed by atoms with van der Waals surface area (Å²) in [6.07, 6.45) is 14.0. The van der Waals surface area contributed by atoms with Crippen LogP contribution >= 0.6 is 0 Å². The van der Waals surface area contributed by atoms with Crippen LogP contribution in [0.3, 0.4) is 0 Å². The predicted molar refractivity (Wildman–Crippen MR) is 130 cm³/mol. The van der Waals surface area contributed by atoms with E-state index in [9.17, 15) is 13.2 Å². The highest BCUT2D eigenvalue weighted by molar-refractivity contribution is 7.89. The SMILES string of the molecule is O=C(C1CNN2CCC(C3CCN(S(=O)(=O)C4CCCCC4)CC3)CC12)N1CCCCCC1. The summed E-state index contributed by atoms with van der Waals surface area (Å²) in [7, 11) is -3.12. The van der Waals surface area contributed by atoms with Crippen molar-refractivity contribution in [2.75, 3.05) is 39.3 Å². The first-order chi connectivity index (χ1) is 16.0. The molecular weight excluding hydrogens is 436 g/mol. The van der Waals surface area contributed by atoms with E-state index in [0.29, 0.717) is 36.9 Å². The summed E-state index contributed by atoms with van der Waals surface area (Å²) in [4.78, 5) is 15.5. The average molecular weight is 481 g/mol. The Morgan fingerprint density at radius 1 is 0.727 bits per heavy atom. The number of likely N-dealkylation sites (tertiary alicyclic amines) is 1. The Kier molecular flexibility index (Phi) is 7.65. The van der Waals surface area contributed by atoms with E-state index in [4.69, 9.17) is 0 Å². The van der Waals surface area contributed by atoms with Crippen molar-refractivity contribution in [2.45, 2.75) is 94.8 Å². The van der Waals surface area contributed by atoms with E-state index in [-0.39, 0.29) is 11.2 Å². The van der Waals surface area contributed by atoms with Crippen molar-refractivity contribution in [1.82, 2.24) is 19.6 Å². The summed E-state index contributed by atoms with van der Waals surface area (Å²) in [5, 5.41) is 2.21. The lowest BCUT2D eigenvalue weighted by atomic mass is 9.75. The molecule has 0 aromatic heterocycles. The van der Waals surface area contributed by atoms with Crippen LogP contribution in [0.1, 0.15) is 83.5 Å². The van der Waals surface area contributed by atoms with E-state index >= 15 is 0 Å². The Labute approximate surface area is 200 Å². The Morgan fingerprint density at radius 2 is 1.36 bits per heavy atom. The summed E-state index contributed by atoms with van der Waals surface area (Å²) < 4.78 is 28.1. The highest BCUT2D eigenvalue weighted by Gasteiger charge is 2.46. The maximum Gasteiger partial charge on any atom is 0.228 e. The normalized spacial score (nSPS) is 34.2. The lowest BCUT2D eigenvalue weighted by molar-refractivity contribution is -0.136. The van der Waals surface area contributed by atoms with Gasteiger partial charge in [0.15, 0.2) is 0 Å². The van der Waals surface area contributed by atoms with Crippen LogP contribution in [0, 0.1) is 17.8 Å². The molecule has 0 radical (unpaired) electrons. The fraction of sp³-hybridized carbons (Fsp3) is 0.960. The lowest BCUT2D eigenvalue weighted by Crippen LogP contribution is -2.50. The van der Waals surface area contributed by atoms with E-state index in [1.54, 1.807) is 0 Å². The molecule has 3 unspecified atom stereocenters. The van der Waals surface area contributed by atoms with Crippen molar-refractivity contribution in [3.8, 4) is 0 Å². The number of piperidine rings is 2. The number of hydrogen-bond donors (Lipinski definition) is 1. The van der Waals surface area contributed by atoms with E-state index in [1.807, 2.05) is 4.31 Å². The molecule has 4 aliphatic heterocycles. The second kappa shape index (κ2) is 10.5. The standard InChI is InChI=1S/C25H44N4O3S/c30-25(27-13-6-1-2-7-14-27)23-19-26-29-17-12-21(18-24(23)29)20-10-15-28(16-11-20)33(31,32)22-8-4-3-5-9-22/h20-24,26H,1-19H2. The smallest absolute Gasteiger partial charge is 0.228 e. The van der Waals surface area contributed by atoms with E-state index in [0.717, 1.165) is 90.4 Å². The van der Waals surface area contributed by atoms with Gasteiger partial charge in [-0.05, 0) is 63.2 Å². The number of nitrogens with zero attached hydrogens (tertiary/aromatic N) is 3. The van der Waals surface area contributed by atoms with Crippen LogP contribution in [0.4, 0.5) is 0 Å². The highest BCUT2D eigenvalue weighted by Crippen LogP contribution is 2.39. The topological polar surface area (TPSA) is 73.0 Å². The first-order valence-electron chi connectivity index (χ1n) is 13.8. The Balaban J connectivity index is 1.16. The van der Waals surface area contributed by atoms with Crippen LogP contribution in [-0.4, -0.2) is 79.1 Å². The van der Waals surface area contributed by atoms with Gasteiger partial charge in [-0.15, -0.1) is 0 Å². The molecule has 0 spiro atoms. The molecule has 0 aromatic rings. The van der Waals surface area contributed by atoms with Gasteiger partial charge < -0.3 is 4.90 Å². The fourth-order valence-electron chi connectivity index (χ4n) is 7.34. The minimum Gasteiger partial charge on any atom is -0.342 e. The third-order valence-electron chi connectivity index (χ3n) is 9.40. The minimum atomic E-state index is -3.12. The molecule has 1 saturated carbocycles. The molecule has 4 saturated heterocycles. The van der Waals surface area contributed by atoms with Crippen LogP contribution in [-0.2, 0) is 14.8 Å². The number of carbonyl (C=O) groups excluding carboxylic acids is 1. The third-order valence-corrected chi connectivity index (χ3v) is 11.8. The van der Waals surface area contributed by atoms with Crippen molar-refractivity contribution >= 4 is 15.9 Å². The van der Waals surface area contributed by atoms with Crippen LogP contribution in [0.5, 0.6) is 0 Å². The number of nitrogens with one attached hydrogen (secondary N) is 1. The van der Waals surface area contributed by atoms with Gasteiger partial charge in [0.05, 0.1) is 11.2 Å². The molecule has 4 heterocycles. The zero-order valence-corrected chi connectivity index (χ0v) is 21.1. The Morgan fingerprint density at radius 3 is 2.06 bits per heavy atom. The summed E-state index contributed by atoms with van der Waals surface area (Å²) >= 11 is 0. The average Bonchev–Trinajstić information content (AvgIpc) is 3.08. The van der Waals surface area contributed by atoms with Gasteiger partial charge in [-0.1, -0.05) is 32.1 Å². The number of hydrogen-bond acceptors (Lipinski definition) is 5. The fourth-order valence-corrected chi connectivity index (χ4v) is 9.41. The Bertz CT molecular complexity index is 769. The largest absolute Gasteiger partial charge is 0.342 e. The third kappa shape index (κ3) is 5.14. The summed E-state index contributed by atoms with van der Waals surface area (Å²) in [6, 6.07) is 0.309. The molecule has 8 heteroatoms. The molecule has 5 rings (SSSR count). The zero-order chi connectivity index (χ0) is 22.8. The molecule has 188 valence electrons. The summed E-state index contributed by atoms with van der Waals surface area (Å²) in [5.41, 5.74) is 3.53. The number of amides is 1. The second-order valence-corrected chi connectivity index (χ2v) is 13.5. The quantitative estimate of drug-likeness (QED) is 0.670. The number of fused-ring (bicyclic) bond motifs is 1. The monoisotopic (exact) mass is 480 g/mol. The molecule has 0 bridgehead atoms. The zero-order valence-electron chi connectivity index (χ0n) is 20.3. The van der Waals surface area contributed by atoms with Crippen molar-refractivity contribution in [3.05, 3.63) is 0 Å². The lowest BCUT2D eigenvalue weighted by Gasteiger charge is -2.43. The molecule has 3 atom stereocenters. The van der Waals surface area contributed by atoms with Crippen molar-refractivity contribution in [2.24, 2.45) is 17.8 Å². The predicted octanol–water partition coefficient (Wildman–Crippen LogP) is 2.98. The summed E-state index contributed by atoms with van der Waals surface area (Å²) in [5.74, 6) is 1.66. The van der Waals surface area contributed by atoms with Gasteiger partial charge in [-0.3, -0.25) is 10.2 Å². The molecule has 0 aromatic carbocycles. The van der Waals surface area contributed by atoms with Crippen molar-refractivity contribution < 1.29 is 13.2 Å². The molecule has 1 aliphatic carbocycles. The van der Waals surface area contributed by atoms with Gasteiger partial charge >= 0.3 is 0 Å². The van der Waals surface area contributed by atoms with Crippen molar-refractivity contribution in [3.63, 3.8) is 0 Å². The minimum absolute atomic E-state index is 0.0812. The van der Waals surface area contributed by atoms with Gasteiger partial charge in [-0.25, -0.2) is 17.7 Å². The van der Waals surface area contributed by atoms with E-state index < -0.39 is 10.0 Å². The van der Waals surface area contributed by atoms with Gasteiger partial charge in [0.2, 0.25) is 15.9 Å². The maximum atomic E-state index is 13.4. The van der Waals surface area contributed by atoms with Crippen LogP contribution in [0.2, 0.25) is 0 Å². The van der Waals surface area contributed by atoms with Gasteiger partial charge in [0.1, 0.15) is 0 Å². The molecule has 1 amide bonds. The van der Waals surface area contributed by atoms with Crippen molar-refractivity contribution in [1.29, 1.82) is 0 Å². The Hall–Kier alpha value is -0.700. The molecule has 5 aliphatic rings. The highest BCUT2D eigenvalue weighted by atomic mass is 32.2. The number of hydrazine groups is 1. The maximum absolute atomic E-state index is 13.4. The number of rotatable bonds is 4. The summed E-state index contributed by atoms with van der Waals surface area (Å²) in [6.45, 7) is 5.05. The van der Waals surface area contributed by atoms with E-state index in [2.05, 4.69) is 15.3 Å². The van der Waals surface area contributed by atoms with Gasteiger partial charge in [0, 0.05) is 45.3 Å². The van der Waals surface area contributed by atoms with Crippen LogP contribution < -0.4 is 5.43 Å². The molecular formula is C25H44N4O3S. The van der Waals surface area contributed by atoms with Gasteiger partial charge in [0.25, 0.3) is 0 Å². The number of carbonyl (C=O) groups is 1. The van der Waals surface area contributed by atoms with Crippen LogP contribution in [0.25, 0.3) is 0 Å². The van der Waals surface area contributed by atoms with Gasteiger partial charge in [-0.2, -0.15) is 0 Å². The molecule has 7 nitrogen and oxygen atoms in total. The molecule has 1 N–H and O–H groups in total. The van der Waals surface area contributed by atoms with E-state index in [1.165, 1.54) is 19.3 Å². The second-order valence-electron chi connectivity index (χ2n) is 11.3. The first kappa shape index (κ1) is 24.0. The first-order valence-corrected chi connectivity index (χ1v) is 15.3. The number of sulfonamides is 1. The molecule has 33 heavy (non-hydrogen) atoms. The molecule has 5 fully saturated rings.